The minimum Gasteiger partial charge on any atom is -0.342 e. The Morgan fingerprint density at radius 3 is 2.93 bits per heavy atom. The lowest BCUT2D eigenvalue weighted by molar-refractivity contribution is -0.130. The van der Waals surface area contributed by atoms with Crippen LogP contribution in [0.15, 0.2) is 5.16 Å². The van der Waals surface area contributed by atoms with E-state index < -0.39 is 0 Å². The van der Waals surface area contributed by atoms with Crippen molar-refractivity contribution < 1.29 is 4.79 Å². The highest BCUT2D eigenvalue weighted by Gasteiger charge is 2.26. The molecule has 1 aliphatic heterocycles. The summed E-state index contributed by atoms with van der Waals surface area (Å²) in [6.45, 7) is 8.32. The van der Waals surface area contributed by atoms with Gasteiger partial charge in [0, 0.05) is 18.0 Å². The number of rotatable bonds is 3. The number of amides is 1. The van der Waals surface area contributed by atoms with E-state index in [-0.39, 0.29) is 5.91 Å². The molecule has 2 atom stereocenters. The van der Waals surface area contributed by atoms with E-state index in [2.05, 4.69) is 24.0 Å². The molecule has 0 spiro atoms. The second-order valence-corrected chi connectivity index (χ2v) is 10.7. The zero-order chi connectivity index (χ0) is 20.1. The van der Waals surface area contributed by atoms with Crippen LogP contribution in [0.3, 0.4) is 0 Å². The maximum atomic E-state index is 12.7. The Morgan fingerprint density at radius 2 is 2.10 bits per heavy atom. The fourth-order valence-electron chi connectivity index (χ4n) is 4.69. The standard InChI is InChI=1S/C21H27N5OS2/c1-12-6-7-15-16(9-12)29-20-18(15)19-23-24-21(26(19)14(3)22-20)28-11-17(27)25-8-4-5-13(2)10-25/h12-13H,4-11H2,1-3H3/t12-,13-/m0/s1. The molecule has 29 heavy (non-hydrogen) atoms. The largest absolute Gasteiger partial charge is 0.342 e. The third-order valence-corrected chi connectivity index (χ3v) is 8.33. The lowest BCUT2D eigenvalue weighted by atomic mass is 9.89. The molecule has 5 rings (SSSR count). The monoisotopic (exact) mass is 429 g/mol. The summed E-state index contributed by atoms with van der Waals surface area (Å²) >= 11 is 3.30. The van der Waals surface area contributed by atoms with Crippen molar-refractivity contribution in [2.45, 2.75) is 58.0 Å². The molecule has 1 aliphatic carbocycles. The Hall–Kier alpha value is -1.67. The number of nitrogens with zero attached hydrogens (tertiary/aromatic N) is 5. The van der Waals surface area contributed by atoms with Gasteiger partial charge in [0.05, 0.1) is 11.1 Å². The van der Waals surface area contributed by atoms with Crippen molar-refractivity contribution in [3.8, 4) is 0 Å². The van der Waals surface area contributed by atoms with Crippen molar-refractivity contribution in [3.63, 3.8) is 0 Å². The highest BCUT2D eigenvalue weighted by molar-refractivity contribution is 7.99. The van der Waals surface area contributed by atoms with Gasteiger partial charge < -0.3 is 4.90 Å². The number of thiophene rings is 1. The number of aromatic nitrogens is 4. The van der Waals surface area contributed by atoms with Gasteiger partial charge >= 0.3 is 0 Å². The molecule has 0 bridgehead atoms. The fraction of sp³-hybridized carbons (Fsp3) is 0.619. The minimum absolute atomic E-state index is 0.201. The lowest BCUT2D eigenvalue weighted by Crippen LogP contribution is -2.40. The van der Waals surface area contributed by atoms with Crippen LogP contribution in [-0.4, -0.2) is 49.2 Å². The predicted molar refractivity (Wildman–Crippen MR) is 118 cm³/mol. The summed E-state index contributed by atoms with van der Waals surface area (Å²) < 4.78 is 2.05. The zero-order valence-electron chi connectivity index (χ0n) is 17.3. The average molecular weight is 430 g/mol. The molecule has 1 saturated heterocycles. The molecule has 3 aromatic rings. The molecule has 3 aromatic heterocycles. The van der Waals surface area contributed by atoms with E-state index in [9.17, 15) is 4.79 Å². The molecule has 6 nitrogen and oxygen atoms in total. The van der Waals surface area contributed by atoms with Gasteiger partial charge in [-0.25, -0.2) is 4.98 Å². The second-order valence-electron chi connectivity index (χ2n) is 8.71. The molecule has 154 valence electrons. The molecule has 0 radical (unpaired) electrons. The first-order valence-corrected chi connectivity index (χ1v) is 12.4. The summed E-state index contributed by atoms with van der Waals surface area (Å²) in [5.41, 5.74) is 2.32. The maximum Gasteiger partial charge on any atom is 0.233 e. The fourth-order valence-corrected chi connectivity index (χ4v) is 7.00. The second kappa shape index (κ2) is 7.54. The molecule has 1 amide bonds. The number of thioether (sulfide) groups is 1. The van der Waals surface area contributed by atoms with Gasteiger partial charge in [-0.05, 0) is 56.4 Å². The summed E-state index contributed by atoms with van der Waals surface area (Å²) in [5, 5.41) is 10.9. The summed E-state index contributed by atoms with van der Waals surface area (Å²) in [6.07, 6.45) is 5.78. The van der Waals surface area contributed by atoms with Crippen molar-refractivity contribution in [2.75, 3.05) is 18.8 Å². The van der Waals surface area contributed by atoms with Crippen LogP contribution in [0.2, 0.25) is 0 Å². The smallest absolute Gasteiger partial charge is 0.233 e. The van der Waals surface area contributed by atoms with Crippen molar-refractivity contribution in [3.05, 3.63) is 16.3 Å². The molecular formula is C21H27N5OS2. The van der Waals surface area contributed by atoms with Gasteiger partial charge in [-0.15, -0.1) is 21.5 Å². The summed E-state index contributed by atoms with van der Waals surface area (Å²) in [6, 6.07) is 0. The van der Waals surface area contributed by atoms with Gasteiger partial charge in [-0.2, -0.15) is 0 Å². The third kappa shape index (κ3) is 3.44. The van der Waals surface area contributed by atoms with Crippen molar-refractivity contribution >= 4 is 44.9 Å². The van der Waals surface area contributed by atoms with Gasteiger partial charge in [0.15, 0.2) is 10.8 Å². The normalized spacial score (nSPS) is 22.4. The van der Waals surface area contributed by atoms with Crippen LogP contribution in [0.25, 0.3) is 15.9 Å². The molecule has 4 heterocycles. The minimum atomic E-state index is 0.201. The van der Waals surface area contributed by atoms with E-state index in [0.717, 1.165) is 59.7 Å². The Kier molecular flexibility index (Phi) is 5.02. The molecule has 8 heteroatoms. The van der Waals surface area contributed by atoms with Crippen LogP contribution < -0.4 is 0 Å². The van der Waals surface area contributed by atoms with E-state index in [1.165, 1.54) is 40.4 Å². The first kappa shape index (κ1) is 19.3. The van der Waals surface area contributed by atoms with Crippen molar-refractivity contribution in [2.24, 2.45) is 11.8 Å². The van der Waals surface area contributed by atoms with E-state index in [1.807, 2.05) is 27.6 Å². The number of aryl methyl sites for hydroxylation is 2. The van der Waals surface area contributed by atoms with Gasteiger partial charge in [0.1, 0.15) is 10.7 Å². The van der Waals surface area contributed by atoms with Crippen LogP contribution in [-0.2, 0) is 17.6 Å². The van der Waals surface area contributed by atoms with E-state index in [4.69, 9.17) is 4.98 Å². The highest BCUT2D eigenvalue weighted by Crippen LogP contribution is 2.39. The van der Waals surface area contributed by atoms with Crippen LogP contribution in [0.4, 0.5) is 0 Å². The zero-order valence-corrected chi connectivity index (χ0v) is 18.9. The number of fused-ring (bicyclic) bond motifs is 5. The molecular weight excluding hydrogens is 402 g/mol. The van der Waals surface area contributed by atoms with Crippen molar-refractivity contribution in [1.82, 2.24) is 24.5 Å². The first-order chi connectivity index (χ1) is 14.0. The summed E-state index contributed by atoms with van der Waals surface area (Å²) in [7, 11) is 0. The average Bonchev–Trinajstić information content (AvgIpc) is 3.26. The number of likely N-dealkylation sites (tertiary alicyclic amines) is 1. The Balaban J connectivity index is 1.45. The number of piperidine rings is 1. The topological polar surface area (TPSA) is 63.4 Å². The van der Waals surface area contributed by atoms with Crippen LogP contribution >= 0.6 is 23.1 Å². The van der Waals surface area contributed by atoms with Gasteiger partial charge in [0.2, 0.25) is 5.91 Å². The van der Waals surface area contributed by atoms with Crippen LogP contribution in [0.1, 0.15) is 49.4 Å². The maximum absolute atomic E-state index is 12.7. The van der Waals surface area contributed by atoms with Crippen LogP contribution in [0.5, 0.6) is 0 Å². The summed E-state index contributed by atoms with van der Waals surface area (Å²) in [4.78, 5) is 22.1. The van der Waals surface area contributed by atoms with Gasteiger partial charge in [-0.1, -0.05) is 25.6 Å². The molecule has 0 aromatic carbocycles. The van der Waals surface area contributed by atoms with E-state index in [0.29, 0.717) is 11.7 Å². The van der Waals surface area contributed by atoms with Crippen molar-refractivity contribution in [1.29, 1.82) is 0 Å². The van der Waals surface area contributed by atoms with Gasteiger partial charge in [0.25, 0.3) is 0 Å². The van der Waals surface area contributed by atoms with Crippen LogP contribution in [0, 0.1) is 18.8 Å². The molecule has 0 unspecified atom stereocenters. The Bertz CT molecular complexity index is 1090. The third-order valence-electron chi connectivity index (χ3n) is 6.27. The number of carbonyl (C=O) groups is 1. The lowest BCUT2D eigenvalue weighted by Gasteiger charge is -2.30. The quantitative estimate of drug-likeness (QED) is 0.586. The summed E-state index contributed by atoms with van der Waals surface area (Å²) in [5.74, 6) is 2.83. The number of carbonyl (C=O) groups excluding carboxylic acids is 1. The Labute approximate surface area is 179 Å². The molecule has 0 N–H and O–H groups in total. The number of hydrogen-bond donors (Lipinski definition) is 0. The number of hydrogen-bond acceptors (Lipinski definition) is 6. The van der Waals surface area contributed by atoms with Gasteiger partial charge in [-0.3, -0.25) is 9.20 Å². The van der Waals surface area contributed by atoms with E-state index >= 15 is 0 Å². The molecule has 0 saturated carbocycles. The predicted octanol–water partition coefficient (Wildman–Crippen LogP) is 4.12. The molecule has 2 aliphatic rings. The molecule has 1 fully saturated rings. The first-order valence-electron chi connectivity index (χ1n) is 10.6. The highest BCUT2D eigenvalue weighted by atomic mass is 32.2. The SMILES string of the molecule is Cc1nc2sc3c(c2c2nnc(SCC(=O)N4CCC[C@H](C)C4)n12)CC[C@H](C)C3. The van der Waals surface area contributed by atoms with E-state index in [1.54, 1.807) is 0 Å². The Morgan fingerprint density at radius 1 is 1.24 bits per heavy atom.